The minimum absolute atomic E-state index is 0.0849. The van der Waals surface area contributed by atoms with Crippen molar-refractivity contribution in [1.29, 1.82) is 0 Å². The van der Waals surface area contributed by atoms with E-state index < -0.39 is 0 Å². The summed E-state index contributed by atoms with van der Waals surface area (Å²) in [5.41, 5.74) is 0. The van der Waals surface area contributed by atoms with E-state index in [1.807, 2.05) is 0 Å². The van der Waals surface area contributed by atoms with Gasteiger partial charge in [-0.1, -0.05) is 64.9 Å². The Kier molecular flexibility index (Phi) is 14.0. The molecule has 0 rings (SSSR count). The minimum atomic E-state index is -0.324. The average Bonchev–Trinajstić information content (AvgIpc) is 2.44. The Morgan fingerprint density at radius 3 is 2.15 bits per heavy atom. The van der Waals surface area contributed by atoms with Crippen molar-refractivity contribution in [3.05, 3.63) is 12.7 Å². The Labute approximate surface area is 124 Å². The maximum atomic E-state index is 10.8. The van der Waals surface area contributed by atoms with Crippen LogP contribution in [0.3, 0.4) is 0 Å². The third kappa shape index (κ3) is 13.6. The molecular weight excluding hydrogens is 252 g/mol. The standard InChI is InChI=1S/C17H32O3/c1-3-13-16(18)14-11-9-7-5-6-8-10-12-15-20-17(19)4-2/h4,16,18H,2-3,5-15H2,1H3. The molecule has 0 saturated carbocycles. The summed E-state index contributed by atoms with van der Waals surface area (Å²) in [6.07, 6.45) is 13.6. The fourth-order valence-electron chi connectivity index (χ4n) is 2.25. The highest BCUT2D eigenvalue weighted by molar-refractivity contribution is 5.81. The van der Waals surface area contributed by atoms with Gasteiger partial charge in [0.05, 0.1) is 12.7 Å². The second-order valence-electron chi connectivity index (χ2n) is 5.43. The normalized spacial score (nSPS) is 12.1. The molecule has 0 aliphatic carbocycles. The van der Waals surface area contributed by atoms with Gasteiger partial charge in [-0.2, -0.15) is 0 Å². The van der Waals surface area contributed by atoms with Crippen LogP contribution in [0.2, 0.25) is 0 Å². The SMILES string of the molecule is C=CC(=O)OCCCCCCCCCCC(O)CCC. The number of hydrogen-bond acceptors (Lipinski definition) is 3. The maximum absolute atomic E-state index is 10.8. The minimum Gasteiger partial charge on any atom is -0.463 e. The molecule has 0 spiro atoms. The Morgan fingerprint density at radius 1 is 1.05 bits per heavy atom. The Hall–Kier alpha value is -0.830. The fourth-order valence-corrected chi connectivity index (χ4v) is 2.25. The predicted octanol–water partition coefficient (Wildman–Crippen LogP) is 4.39. The summed E-state index contributed by atoms with van der Waals surface area (Å²) < 4.78 is 4.91. The van der Waals surface area contributed by atoms with E-state index in [1.54, 1.807) is 0 Å². The lowest BCUT2D eigenvalue weighted by atomic mass is 10.0. The van der Waals surface area contributed by atoms with Gasteiger partial charge in [0.25, 0.3) is 0 Å². The highest BCUT2D eigenvalue weighted by Crippen LogP contribution is 2.12. The summed E-state index contributed by atoms with van der Waals surface area (Å²) >= 11 is 0. The van der Waals surface area contributed by atoms with Crippen LogP contribution in [0.1, 0.15) is 77.6 Å². The molecule has 20 heavy (non-hydrogen) atoms. The smallest absolute Gasteiger partial charge is 0.330 e. The molecule has 0 bridgehead atoms. The molecule has 3 heteroatoms. The fraction of sp³-hybridized carbons (Fsp3) is 0.824. The second-order valence-corrected chi connectivity index (χ2v) is 5.43. The molecule has 3 nitrogen and oxygen atoms in total. The first-order valence-electron chi connectivity index (χ1n) is 8.18. The van der Waals surface area contributed by atoms with Gasteiger partial charge in [0, 0.05) is 6.08 Å². The van der Waals surface area contributed by atoms with E-state index in [2.05, 4.69) is 13.5 Å². The second kappa shape index (κ2) is 14.6. The van der Waals surface area contributed by atoms with Crippen molar-refractivity contribution in [2.45, 2.75) is 83.7 Å². The third-order valence-corrected chi connectivity index (χ3v) is 3.46. The first-order valence-corrected chi connectivity index (χ1v) is 8.18. The monoisotopic (exact) mass is 284 g/mol. The van der Waals surface area contributed by atoms with Crippen molar-refractivity contribution in [1.82, 2.24) is 0 Å². The van der Waals surface area contributed by atoms with Crippen LogP contribution in [0.25, 0.3) is 0 Å². The summed E-state index contributed by atoms with van der Waals surface area (Å²) in [4.78, 5) is 10.8. The molecule has 0 aromatic rings. The number of unbranched alkanes of at least 4 members (excludes halogenated alkanes) is 7. The van der Waals surface area contributed by atoms with Crippen molar-refractivity contribution < 1.29 is 14.6 Å². The zero-order valence-electron chi connectivity index (χ0n) is 13.1. The molecule has 0 aliphatic rings. The lowest BCUT2D eigenvalue weighted by Gasteiger charge is -2.08. The zero-order valence-corrected chi connectivity index (χ0v) is 13.1. The van der Waals surface area contributed by atoms with E-state index in [4.69, 9.17) is 4.74 Å². The number of ether oxygens (including phenoxy) is 1. The number of carbonyl (C=O) groups is 1. The molecule has 0 aromatic carbocycles. The van der Waals surface area contributed by atoms with Gasteiger partial charge in [0.2, 0.25) is 0 Å². The van der Waals surface area contributed by atoms with E-state index in [1.165, 1.54) is 38.2 Å². The van der Waals surface area contributed by atoms with Crippen molar-refractivity contribution >= 4 is 5.97 Å². The number of rotatable bonds is 14. The van der Waals surface area contributed by atoms with Gasteiger partial charge in [0.15, 0.2) is 0 Å². The summed E-state index contributed by atoms with van der Waals surface area (Å²) in [5, 5.41) is 9.59. The van der Waals surface area contributed by atoms with Crippen LogP contribution in [0.4, 0.5) is 0 Å². The molecule has 0 radical (unpaired) electrons. The predicted molar refractivity (Wildman–Crippen MR) is 83.6 cm³/mol. The van der Waals surface area contributed by atoms with E-state index in [-0.39, 0.29) is 12.1 Å². The summed E-state index contributed by atoms with van der Waals surface area (Å²) in [5.74, 6) is -0.324. The summed E-state index contributed by atoms with van der Waals surface area (Å²) in [7, 11) is 0. The highest BCUT2D eigenvalue weighted by Gasteiger charge is 2.01. The molecule has 0 heterocycles. The number of aliphatic hydroxyl groups excluding tert-OH is 1. The molecule has 0 fully saturated rings. The van der Waals surface area contributed by atoms with Gasteiger partial charge in [-0.25, -0.2) is 4.79 Å². The van der Waals surface area contributed by atoms with Crippen LogP contribution < -0.4 is 0 Å². The van der Waals surface area contributed by atoms with E-state index in [0.717, 1.165) is 38.5 Å². The van der Waals surface area contributed by atoms with E-state index >= 15 is 0 Å². The summed E-state index contributed by atoms with van der Waals surface area (Å²) in [6.45, 7) is 5.98. The highest BCUT2D eigenvalue weighted by atomic mass is 16.5. The molecule has 0 aliphatic heterocycles. The zero-order chi connectivity index (χ0) is 15.1. The largest absolute Gasteiger partial charge is 0.463 e. The van der Waals surface area contributed by atoms with Gasteiger partial charge in [0.1, 0.15) is 0 Å². The van der Waals surface area contributed by atoms with E-state index in [0.29, 0.717) is 6.61 Å². The Morgan fingerprint density at radius 2 is 1.60 bits per heavy atom. The molecule has 0 saturated heterocycles. The van der Waals surface area contributed by atoms with Crippen LogP contribution in [0.15, 0.2) is 12.7 Å². The maximum Gasteiger partial charge on any atom is 0.330 e. The molecule has 0 aromatic heterocycles. The van der Waals surface area contributed by atoms with Crippen LogP contribution >= 0.6 is 0 Å². The number of aliphatic hydroxyl groups is 1. The van der Waals surface area contributed by atoms with Gasteiger partial charge >= 0.3 is 5.97 Å². The van der Waals surface area contributed by atoms with Crippen molar-refractivity contribution in [3.63, 3.8) is 0 Å². The first-order chi connectivity index (χ1) is 9.70. The average molecular weight is 284 g/mol. The van der Waals surface area contributed by atoms with Gasteiger partial charge in [-0.05, 0) is 19.3 Å². The summed E-state index contributed by atoms with van der Waals surface area (Å²) in [6, 6.07) is 0. The molecule has 1 N–H and O–H groups in total. The lowest BCUT2D eigenvalue weighted by molar-refractivity contribution is -0.137. The molecule has 118 valence electrons. The topological polar surface area (TPSA) is 46.5 Å². The Balaban J connectivity index is 3.10. The first kappa shape index (κ1) is 19.2. The van der Waals surface area contributed by atoms with Crippen molar-refractivity contribution in [2.75, 3.05) is 6.61 Å². The molecule has 1 unspecified atom stereocenters. The van der Waals surface area contributed by atoms with E-state index in [9.17, 15) is 9.90 Å². The van der Waals surface area contributed by atoms with Gasteiger partial charge in [-0.15, -0.1) is 0 Å². The van der Waals surface area contributed by atoms with Crippen molar-refractivity contribution in [3.8, 4) is 0 Å². The van der Waals surface area contributed by atoms with Crippen LogP contribution in [0, 0.1) is 0 Å². The van der Waals surface area contributed by atoms with Crippen LogP contribution in [-0.2, 0) is 9.53 Å². The van der Waals surface area contributed by atoms with Crippen LogP contribution in [0.5, 0.6) is 0 Å². The third-order valence-electron chi connectivity index (χ3n) is 3.46. The Bertz CT molecular complexity index is 238. The van der Waals surface area contributed by atoms with Gasteiger partial charge in [-0.3, -0.25) is 0 Å². The lowest BCUT2D eigenvalue weighted by Crippen LogP contribution is -2.04. The van der Waals surface area contributed by atoms with Crippen LogP contribution in [-0.4, -0.2) is 23.8 Å². The number of esters is 1. The van der Waals surface area contributed by atoms with Gasteiger partial charge < -0.3 is 9.84 Å². The quantitative estimate of drug-likeness (QED) is 0.292. The number of hydrogen-bond donors (Lipinski definition) is 1. The van der Waals surface area contributed by atoms with Crippen molar-refractivity contribution in [2.24, 2.45) is 0 Å². The molecule has 1 atom stereocenters. The molecule has 0 amide bonds. The number of carbonyl (C=O) groups excluding carboxylic acids is 1. The molecular formula is C17H32O3.